The van der Waals surface area contributed by atoms with Crippen LogP contribution in [0.3, 0.4) is 0 Å². The topological polar surface area (TPSA) is 35.2 Å². The molecule has 0 aliphatic heterocycles. The summed E-state index contributed by atoms with van der Waals surface area (Å²) in [6.07, 6.45) is 0.871. The van der Waals surface area contributed by atoms with Crippen molar-refractivity contribution >= 4 is 15.9 Å². The summed E-state index contributed by atoms with van der Waals surface area (Å²) in [6, 6.07) is 12.8. The second-order valence-corrected chi connectivity index (χ2v) is 6.52. The second kappa shape index (κ2) is 7.10. The van der Waals surface area contributed by atoms with E-state index in [1.54, 1.807) is 0 Å². The quantitative estimate of drug-likeness (QED) is 0.861. The molecule has 21 heavy (non-hydrogen) atoms. The number of benzene rings is 2. The first kappa shape index (κ1) is 16.1. The van der Waals surface area contributed by atoms with Crippen molar-refractivity contribution < 1.29 is 4.74 Å². The van der Waals surface area contributed by atoms with Gasteiger partial charge < -0.3 is 10.5 Å². The van der Waals surface area contributed by atoms with Gasteiger partial charge in [0.1, 0.15) is 12.4 Å². The number of hydrogen-bond acceptors (Lipinski definition) is 2. The molecule has 0 aliphatic rings. The molecular formula is C18H22BrNO. The molecule has 0 saturated heterocycles. The van der Waals surface area contributed by atoms with Crippen LogP contribution in [0.2, 0.25) is 0 Å². The van der Waals surface area contributed by atoms with Crippen LogP contribution in [0, 0.1) is 13.8 Å². The second-order valence-electron chi connectivity index (χ2n) is 5.66. The van der Waals surface area contributed by atoms with Crippen molar-refractivity contribution in [2.75, 3.05) is 0 Å². The first-order chi connectivity index (χ1) is 9.95. The molecule has 0 fully saturated rings. The third kappa shape index (κ3) is 4.58. The lowest BCUT2D eigenvalue weighted by Gasteiger charge is -2.12. The predicted octanol–water partition coefficient (Wildman–Crippen LogP) is 4.53. The molecule has 0 aromatic heterocycles. The zero-order valence-electron chi connectivity index (χ0n) is 12.8. The number of rotatable bonds is 5. The Balaban J connectivity index is 2.08. The Kier molecular flexibility index (Phi) is 5.43. The molecule has 0 bridgehead atoms. The van der Waals surface area contributed by atoms with E-state index in [9.17, 15) is 0 Å². The SMILES string of the molecule is Cc1ccc(C)c(COc2ccc(CC(C)N)cc2Br)c1. The minimum atomic E-state index is 0.165. The van der Waals surface area contributed by atoms with Gasteiger partial charge in [-0.2, -0.15) is 0 Å². The molecule has 0 spiro atoms. The van der Waals surface area contributed by atoms with Crippen LogP contribution in [0.15, 0.2) is 40.9 Å². The number of halogens is 1. The Hall–Kier alpha value is -1.32. The van der Waals surface area contributed by atoms with Crippen molar-refractivity contribution in [2.24, 2.45) is 5.73 Å². The fourth-order valence-corrected chi connectivity index (χ4v) is 2.81. The summed E-state index contributed by atoms with van der Waals surface area (Å²) in [4.78, 5) is 0. The fraction of sp³-hybridized carbons (Fsp3) is 0.333. The molecule has 1 unspecified atom stereocenters. The molecule has 2 nitrogen and oxygen atoms in total. The largest absolute Gasteiger partial charge is 0.488 e. The zero-order valence-corrected chi connectivity index (χ0v) is 14.4. The van der Waals surface area contributed by atoms with Gasteiger partial charge in [0.05, 0.1) is 4.47 Å². The first-order valence-corrected chi connectivity index (χ1v) is 7.98. The molecule has 2 aromatic rings. The van der Waals surface area contributed by atoms with Gasteiger partial charge in [0.2, 0.25) is 0 Å². The monoisotopic (exact) mass is 347 g/mol. The van der Waals surface area contributed by atoms with Crippen molar-refractivity contribution in [3.8, 4) is 5.75 Å². The van der Waals surface area contributed by atoms with Crippen molar-refractivity contribution in [2.45, 2.75) is 39.8 Å². The predicted molar refractivity (Wildman–Crippen MR) is 91.7 cm³/mol. The summed E-state index contributed by atoms with van der Waals surface area (Å²) >= 11 is 3.58. The molecule has 0 aliphatic carbocycles. The lowest BCUT2D eigenvalue weighted by molar-refractivity contribution is 0.303. The Labute approximate surface area is 135 Å². The van der Waals surface area contributed by atoms with Crippen LogP contribution in [0.1, 0.15) is 29.2 Å². The van der Waals surface area contributed by atoms with Crippen LogP contribution in [0.5, 0.6) is 5.75 Å². The summed E-state index contributed by atoms with van der Waals surface area (Å²) in [5, 5.41) is 0. The Morgan fingerprint density at radius 2 is 1.90 bits per heavy atom. The average molecular weight is 348 g/mol. The molecular weight excluding hydrogens is 326 g/mol. The number of hydrogen-bond donors (Lipinski definition) is 1. The van der Waals surface area contributed by atoms with E-state index in [-0.39, 0.29) is 6.04 Å². The highest BCUT2D eigenvalue weighted by Crippen LogP contribution is 2.27. The maximum Gasteiger partial charge on any atom is 0.134 e. The molecule has 0 radical (unpaired) electrons. The summed E-state index contributed by atoms with van der Waals surface area (Å²) in [7, 11) is 0. The van der Waals surface area contributed by atoms with Gasteiger partial charge in [-0.05, 0) is 71.9 Å². The van der Waals surface area contributed by atoms with Crippen LogP contribution >= 0.6 is 15.9 Å². The van der Waals surface area contributed by atoms with Gasteiger partial charge in [-0.1, -0.05) is 29.8 Å². The van der Waals surface area contributed by atoms with Gasteiger partial charge in [-0.25, -0.2) is 0 Å². The van der Waals surface area contributed by atoms with Gasteiger partial charge in [-0.15, -0.1) is 0 Å². The number of aryl methyl sites for hydroxylation is 2. The van der Waals surface area contributed by atoms with Gasteiger partial charge in [0.25, 0.3) is 0 Å². The van der Waals surface area contributed by atoms with E-state index in [0.717, 1.165) is 16.6 Å². The molecule has 1 atom stereocenters. The van der Waals surface area contributed by atoms with E-state index < -0.39 is 0 Å². The van der Waals surface area contributed by atoms with E-state index in [4.69, 9.17) is 10.5 Å². The van der Waals surface area contributed by atoms with Crippen molar-refractivity contribution in [3.63, 3.8) is 0 Å². The maximum atomic E-state index is 5.94. The van der Waals surface area contributed by atoms with Crippen molar-refractivity contribution in [1.29, 1.82) is 0 Å². The summed E-state index contributed by atoms with van der Waals surface area (Å²) < 4.78 is 6.92. The highest BCUT2D eigenvalue weighted by molar-refractivity contribution is 9.10. The minimum Gasteiger partial charge on any atom is -0.488 e. The number of nitrogens with two attached hydrogens (primary N) is 1. The molecule has 112 valence electrons. The van der Waals surface area contributed by atoms with E-state index in [1.807, 2.05) is 13.0 Å². The lowest BCUT2D eigenvalue weighted by atomic mass is 10.1. The van der Waals surface area contributed by atoms with Crippen molar-refractivity contribution in [3.05, 3.63) is 63.1 Å². The van der Waals surface area contributed by atoms with E-state index >= 15 is 0 Å². The normalized spacial score (nSPS) is 12.2. The van der Waals surface area contributed by atoms with Crippen LogP contribution < -0.4 is 10.5 Å². The Morgan fingerprint density at radius 3 is 2.57 bits per heavy atom. The first-order valence-electron chi connectivity index (χ1n) is 7.18. The third-order valence-corrected chi connectivity index (χ3v) is 4.06. The van der Waals surface area contributed by atoms with Gasteiger partial charge in [-0.3, -0.25) is 0 Å². The highest BCUT2D eigenvalue weighted by atomic mass is 79.9. The third-order valence-electron chi connectivity index (χ3n) is 3.44. The Bertz CT molecular complexity index is 623. The Morgan fingerprint density at radius 1 is 1.14 bits per heavy atom. The van der Waals surface area contributed by atoms with Crippen LogP contribution in [-0.2, 0) is 13.0 Å². The van der Waals surface area contributed by atoms with Gasteiger partial charge in [0, 0.05) is 6.04 Å². The summed E-state index contributed by atoms with van der Waals surface area (Å²) in [6.45, 7) is 6.80. The molecule has 0 amide bonds. The molecule has 0 heterocycles. The van der Waals surface area contributed by atoms with Crippen LogP contribution in [0.4, 0.5) is 0 Å². The molecule has 3 heteroatoms. The zero-order chi connectivity index (χ0) is 15.4. The molecule has 2 rings (SSSR count). The molecule has 0 saturated carbocycles. The van der Waals surface area contributed by atoms with Crippen molar-refractivity contribution in [1.82, 2.24) is 0 Å². The smallest absolute Gasteiger partial charge is 0.134 e. The fourth-order valence-electron chi connectivity index (χ4n) is 2.27. The maximum absolute atomic E-state index is 5.94. The van der Waals surface area contributed by atoms with Gasteiger partial charge >= 0.3 is 0 Å². The minimum absolute atomic E-state index is 0.165. The molecule has 2 aromatic carbocycles. The van der Waals surface area contributed by atoms with Crippen LogP contribution in [0.25, 0.3) is 0 Å². The van der Waals surface area contributed by atoms with E-state index in [1.165, 1.54) is 22.3 Å². The van der Waals surface area contributed by atoms with Gasteiger partial charge in [0.15, 0.2) is 0 Å². The highest BCUT2D eigenvalue weighted by Gasteiger charge is 2.06. The number of ether oxygens (including phenoxy) is 1. The average Bonchev–Trinajstić information content (AvgIpc) is 2.41. The lowest BCUT2D eigenvalue weighted by Crippen LogP contribution is -2.17. The molecule has 2 N–H and O–H groups in total. The van der Waals surface area contributed by atoms with E-state index in [0.29, 0.717) is 6.61 Å². The summed E-state index contributed by atoms with van der Waals surface area (Å²) in [5.41, 5.74) is 10.8. The van der Waals surface area contributed by atoms with E-state index in [2.05, 4.69) is 60.1 Å². The van der Waals surface area contributed by atoms with Crippen LogP contribution in [-0.4, -0.2) is 6.04 Å². The standard InChI is InChI=1S/C18H22BrNO/c1-12-4-5-13(2)16(8-12)11-21-18-7-6-15(9-14(3)20)10-17(18)19/h4-8,10,14H,9,11,20H2,1-3H3. The summed E-state index contributed by atoms with van der Waals surface area (Å²) in [5.74, 6) is 0.865.